The summed E-state index contributed by atoms with van der Waals surface area (Å²) in [7, 11) is 0. The first kappa shape index (κ1) is 23.5. The zero-order valence-corrected chi connectivity index (χ0v) is 16.7. The third kappa shape index (κ3) is 6.09. The molecular formula is C20H26NO9+. The number of aliphatic hydroxyl groups is 2. The van der Waals surface area contributed by atoms with E-state index in [0.717, 1.165) is 12.2 Å². The highest BCUT2D eigenvalue weighted by atomic mass is 16.6. The Bertz CT molecular complexity index is 790. The summed E-state index contributed by atoms with van der Waals surface area (Å²) < 4.78 is 16.9. The summed E-state index contributed by atoms with van der Waals surface area (Å²) in [6.07, 6.45) is 0.858. The number of carboxylic acids is 1. The lowest BCUT2D eigenvalue weighted by atomic mass is 10.1. The van der Waals surface area contributed by atoms with Gasteiger partial charge in [0.2, 0.25) is 0 Å². The summed E-state index contributed by atoms with van der Waals surface area (Å²) in [4.78, 5) is 34.5. The average molecular weight is 424 g/mol. The van der Waals surface area contributed by atoms with Crippen molar-refractivity contribution in [2.45, 2.75) is 57.3 Å². The van der Waals surface area contributed by atoms with Gasteiger partial charge >= 0.3 is 17.9 Å². The van der Waals surface area contributed by atoms with Crippen molar-refractivity contribution in [3.63, 3.8) is 0 Å². The molecule has 0 saturated carbocycles. The molecule has 30 heavy (non-hydrogen) atoms. The van der Waals surface area contributed by atoms with Crippen LogP contribution in [0.3, 0.4) is 0 Å². The third-order valence-corrected chi connectivity index (χ3v) is 4.64. The predicted octanol–water partition coefficient (Wildman–Crippen LogP) is 0.123. The van der Waals surface area contributed by atoms with E-state index in [0.29, 0.717) is 12.8 Å². The van der Waals surface area contributed by atoms with Gasteiger partial charge in [0, 0.05) is 18.2 Å². The second-order valence-corrected chi connectivity index (χ2v) is 6.73. The number of hydrogen-bond donors (Lipinski definition) is 3. The number of carboxylic acid groups (broad SMARTS) is 1. The van der Waals surface area contributed by atoms with E-state index >= 15 is 0 Å². The van der Waals surface area contributed by atoms with Gasteiger partial charge in [-0.25, -0.2) is 14.4 Å². The monoisotopic (exact) mass is 424 g/mol. The minimum atomic E-state index is -1.37. The third-order valence-electron chi connectivity index (χ3n) is 4.64. The summed E-state index contributed by atoms with van der Waals surface area (Å²) in [6, 6.07) is 2.83. The molecule has 0 bridgehead atoms. The molecule has 0 spiro atoms. The molecule has 0 amide bonds. The minimum absolute atomic E-state index is 0.0249. The summed E-state index contributed by atoms with van der Waals surface area (Å²) in [6.45, 7) is 3.38. The molecule has 0 aliphatic carbocycles. The molecule has 1 saturated heterocycles. The van der Waals surface area contributed by atoms with Crippen molar-refractivity contribution in [2.75, 3.05) is 6.61 Å². The van der Waals surface area contributed by atoms with Crippen LogP contribution < -0.4 is 4.57 Å². The van der Waals surface area contributed by atoms with E-state index in [2.05, 4.69) is 0 Å². The Morgan fingerprint density at radius 3 is 2.47 bits per heavy atom. The van der Waals surface area contributed by atoms with Crippen LogP contribution in [0.4, 0.5) is 0 Å². The molecule has 3 N–H and O–H groups in total. The van der Waals surface area contributed by atoms with Crippen LogP contribution in [-0.4, -0.2) is 64.3 Å². The zero-order chi connectivity index (χ0) is 22.3. The van der Waals surface area contributed by atoms with Crippen molar-refractivity contribution in [3.8, 4) is 0 Å². The molecule has 1 aromatic heterocycles. The lowest BCUT2D eigenvalue weighted by Crippen LogP contribution is -2.46. The molecule has 0 aromatic carbocycles. The molecule has 10 heteroatoms. The van der Waals surface area contributed by atoms with E-state index < -0.39 is 42.4 Å². The van der Waals surface area contributed by atoms with Gasteiger partial charge in [0.1, 0.15) is 30.5 Å². The Hall–Kier alpha value is -2.82. The van der Waals surface area contributed by atoms with E-state index in [1.54, 1.807) is 0 Å². The summed E-state index contributed by atoms with van der Waals surface area (Å²) >= 11 is 0. The number of pyridine rings is 1. The van der Waals surface area contributed by atoms with E-state index in [4.69, 9.17) is 19.3 Å². The molecule has 1 aliphatic heterocycles. The van der Waals surface area contributed by atoms with Crippen molar-refractivity contribution in [1.82, 2.24) is 0 Å². The van der Waals surface area contributed by atoms with E-state index in [-0.39, 0.29) is 18.3 Å². The van der Waals surface area contributed by atoms with Crippen LogP contribution in [0.15, 0.2) is 36.7 Å². The van der Waals surface area contributed by atoms with Crippen LogP contribution >= 0.6 is 0 Å². The molecule has 1 aliphatic rings. The van der Waals surface area contributed by atoms with Crippen LogP contribution in [-0.2, 0) is 23.8 Å². The number of rotatable bonds is 9. The number of esters is 2. The fraction of sp³-hybridized carbons (Fsp3) is 0.500. The predicted molar refractivity (Wildman–Crippen MR) is 100 cm³/mol. The van der Waals surface area contributed by atoms with Gasteiger partial charge in [0.05, 0.1) is 0 Å². The Balaban J connectivity index is 1.91. The zero-order valence-electron chi connectivity index (χ0n) is 16.7. The first-order valence-electron chi connectivity index (χ1n) is 9.57. The van der Waals surface area contributed by atoms with Crippen molar-refractivity contribution < 1.29 is 48.5 Å². The van der Waals surface area contributed by atoms with E-state index in [9.17, 15) is 24.6 Å². The van der Waals surface area contributed by atoms with Crippen molar-refractivity contribution in [2.24, 2.45) is 0 Å². The van der Waals surface area contributed by atoms with Gasteiger partial charge in [-0.1, -0.05) is 13.8 Å². The number of carbonyl (C=O) groups excluding carboxylic acids is 2. The Kier molecular flexibility index (Phi) is 8.46. The second-order valence-electron chi connectivity index (χ2n) is 6.73. The summed E-state index contributed by atoms with van der Waals surface area (Å²) in [5.74, 6) is -2.66. The van der Waals surface area contributed by atoms with E-state index in [1.165, 1.54) is 29.1 Å². The highest BCUT2D eigenvalue weighted by molar-refractivity contribution is 5.91. The maximum atomic E-state index is 11.8. The van der Waals surface area contributed by atoms with Gasteiger partial charge in [-0.2, -0.15) is 4.57 Å². The maximum absolute atomic E-state index is 11.8. The first-order valence-corrected chi connectivity index (χ1v) is 9.57. The lowest BCUT2D eigenvalue weighted by Gasteiger charge is -2.13. The van der Waals surface area contributed by atoms with Crippen LogP contribution in [0.2, 0.25) is 0 Å². The number of ether oxygens (including phenoxy) is 3. The van der Waals surface area contributed by atoms with Gasteiger partial charge < -0.3 is 29.5 Å². The van der Waals surface area contributed by atoms with Crippen molar-refractivity contribution in [3.05, 3.63) is 42.2 Å². The Labute approximate surface area is 173 Å². The molecule has 2 rings (SSSR count). The van der Waals surface area contributed by atoms with Crippen molar-refractivity contribution >= 4 is 17.9 Å². The Morgan fingerprint density at radius 2 is 1.83 bits per heavy atom. The van der Waals surface area contributed by atoms with Gasteiger partial charge in [-0.3, -0.25) is 0 Å². The van der Waals surface area contributed by atoms with Crippen LogP contribution in [0.5, 0.6) is 0 Å². The number of hydrogen-bond acceptors (Lipinski definition) is 8. The largest absolute Gasteiger partial charge is 0.477 e. The average Bonchev–Trinajstić information content (AvgIpc) is 3.03. The smallest absolute Gasteiger partial charge is 0.341 e. The second kappa shape index (κ2) is 10.8. The standard InChI is InChI=1S/C20H25NO9/c1-3-13(4-2)29-16(23)8-7-15(22)28-11-14-17(24)18(25)19(30-14)21-9-5-6-12(10-21)20(26)27/h5-10,13-14,17-19,24-25H,3-4,11H2,1-2H3/p+1/b8-7+/t14-,17-,18-,19-/m1/s1. The highest BCUT2D eigenvalue weighted by Crippen LogP contribution is 2.25. The van der Waals surface area contributed by atoms with Gasteiger partial charge in [-0.15, -0.1) is 0 Å². The van der Waals surface area contributed by atoms with Crippen LogP contribution in [0.25, 0.3) is 0 Å². The molecule has 0 unspecified atom stereocenters. The number of carbonyl (C=O) groups is 3. The van der Waals surface area contributed by atoms with E-state index in [1.807, 2.05) is 13.8 Å². The Morgan fingerprint density at radius 1 is 1.17 bits per heavy atom. The minimum Gasteiger partial charge on any atom is -0.477 e. The van der Waals surface area contributed by atoms with Crippen molar-refractivity contribution in [1.29, 1.82) is 0 Å². The molecular weight excluding hydrogens is 398 g/mol. The topological polar surface area (TPSA) is 143 Å². The summed E-state index contributed by atoms with van der Waals surface area (Å²) in [5, 5.41) is 29.5. The summed E-state index contributed by atoms with van der Waals surface area (Å²) in [5.41, 5.74) is -0.0249. The lowest BCUT2D eigenvalue weighted by molar-refractivity contribution is -0.765. The van der Waals surface area contributed by atoms with Crippen LogP contribution in [0, 0.1) is 0 Å². The molecule has 1 fully saturated rings. The van der Waals surface area contributed by atoms with Crippen LogP contribution in [0.1, 0.15) is 43.3 Å². The highest BCUT2D eigenvalue weighted by Gasteiger charge is 2.48. The number of aromatic carboxylic acids is 1. The molecule has 4 atom stereocenters. The number of aliphatic hydroxyl groups excluding tert-OH is 2. The quantitative estimate of drug-likeness (QED) is 0.286. The van der Waals surface area contributed by atoms with Gasteiger partial charge in [0.25, 0.3) is 6.23 Å². The molecule has 1 aromatic rings. The fourth-order valence-electron chi connectivity index (χ4n) is 2.90. The SMILES string of the molecule is CCC(CC)OC(=O)/C=C/C(=O)OC[C@H]1O[C@@H]([n+]2cccc(C(=O)O)c2)[C@H](O)[C@@H]1O. The molecule has 164 valence electrons. The number of aromatic nitrogens is 1. The molecule has 0 radical (unpaired) electrons. The molecule has 10 nitrogen and oxygen atoms in total. The number of nitrogens with zero attached hydrogens (tertiary/aromatic N) is 1. The van der Waals surface area contributed by atoms with Gasteiger partial charge in [-0.05, 0) is 18.9 Å². The van der Waals surface area contributed by atoms with Gasteiger partial charge in [0.15, 0.2) is 18.5 Å². The normalized spacial score (nSPS) is 23.6. The maximum Gasteiger partial charge on any atom is 0.341 e. The molecule has 2 heterocycles. The first-order chi connectivity index (χ1) is 14.3. The fourth-order valence-corrected chi connectivity index (χ4v) is 2.90.